The van der Waals surface area contributed by atoms with Gasteiger partial charge in [0, 0.05) is 22.7 Å². The molecule has 0 radical (unpaired) electrons. The third kappa shape index (κ3) is 3.35. The maximum absolute atomic E-state index is 13.4. The highest BCUT2D eigenvalue weighted by Gasteiger charge is 2.53. The van der Waals surface area contributed by atoms with E-state index in [0.717, 1.165) is 6.07 Å². The lowest BCUT2D eigenvalue weighted by Crippen LogP contribution is -2.29. The van der Waals surface area contributed by atoms with Crippen LogP contribution in [0.5, 0.6) is 0 Å². The van der Waals surface area contributed by atoms with E-state index in [4.69, 9.17) is 0 Å². The lowest BCUT2D eigenvalue weighted by molar-refractivity contribution is -0.138. The average molecular weight is 502 g/mol. The lowest BCUT2D eigenvalue weighted by Gasteiger charge is -2.25. The highest BCUT2D eigenvalue weighted by atomic mass is 127. The molecule has 28 heavy (non-hydrogen) atoms. The minimum atomic E-state index is -4.36. The number of aromatic carboxylic acids is 1. The predicted molar refractivity (Wildman–Crippen MR) is 107 cm³/mol. The van der Waals surface area contributed by atoms with Gasteiger partial charge in [-0.15, -0.1) is 0 Å². The van der Waals surface area contributed by atoms with E-state index in [1.807, 2.05) is 4.90 Å². The number of hydrogen-bond donors (Lipinski definition) is 1. The van der Waals surface area contributed by atoms with Crippen molar-refractivity contribution in [2.75, 3.05) is 18.0 Å². The van der Waals surface area contributed by atoms with Crippen LogP contribution in [-0.2, 0) is 6.18 Å². The largest absolute Gasteiger partial charge is 0.478 e. The van der Waals surface area contributed by atoms with Gasteiger partial charge in [0.05, 0.1) is 5.56 Å². The van der Waals surface area contributed by atoms with E-state index in [-0.39, 0.29) is 20.8 Å². The molecule has 1 aromatic carbocycles. The molecule has 1 aliphatic carbocycles. The van der Waals surface area contributed by atoms with Gasteiger partial charge in [-0.1, -0.05) is 40.8 Å². The van der Waals surface area contributed by atoms with Crippen LogP contribution in [0.2, 0.25) is 0 Å². The Morgan fingerprint density at radius 1 is 1.25 bits per heavy atom. The van der Waals surface area contributed by atoms with Gasteiger partial charge in [-0.3, -0.25) is 0 Å². The molecule has 1 N–H and O–H groups in total. The van der Waals surface area contributed by atoms with Gasteiger partial charge in [0.25, 0.3) is 0 Å². The molecular weight excluding hydrogens is 484 g/mol. The summed E-state index contributed by atoms with van der Waals surface area (Å²) in [6.45, 7) is 1.19. The minimum Gasteiger partial charge on any atom is -0.478 e. The van der Waals surface area contributed by atoms with Crippen LogP contribution < -0.4 is 4.90 Å². The van der Waals surface area contributed by atoms with Crippen molar-refractivity contribution in [2.45, 2.75) is 28.4 Å². The molecule has 1 aromatic heterocycles. The summed E-state index contributed by atoms with van der Waals surface area (Å²) in [5, 5.41) is 9.42. The van der Waals surface area contributed by atoms with Crippen molar-refractivity contribution >= 4 is 34.4 Å². The Morgan fingerprint density at radius 3 is 2.68 bits per heavy atom. The van der Waals surface area contributed by atoms with Crippen molar-refractivity contribution in [1.82, 2.24) is 4.98 Å². The maximum Gasteiger partial charge on any atom is 0.416 e. The van der Waals surface area contributed by atoms with Crippen LogP contribution in [0, 0.1) is 5.92 Å². The first kappa shape index (κ1) is 19.5. The monoisotopic (exact) mass is 502 g/mol. The van der Waals surface area contributed by atoms with E-state index in [2.05, 4.69) is 27.6 Å². The molecule has 1 saturated heterocycles. The Kier molecular flexibility index (Phi) is 4.79. The maximum atomic E-state index is 13.4. The van der Waals surface area contributed by atoms with Crippen molar-refractivity contribution in [1.29, 1.82) is 0 Å². The number of carboxylic acid groups (broad SMARTS) is 1. The third-order valence-electron chi connectivity index (χ3n) is 5.80. The summed E-state index contributed by atoms with van der Waals surface area (Å²) >= 11 is 2.37. The van der Waals surface area contributed by atoms with Crippen LogP contribution in [0.15, 0.2) is 42.6 Å². The van der Waals surface area contributed by atoms with Crippen molar-refractivity contribution in [3.63, 3.8) is 0 Å². The molecule has 0 bridgehead atoms. The second kappa shape index (κ2) is 6.89. The summed E-state index contributed by atoms with van der Waals surface area (Å²) in [5.41, 5.74) is -0.0211. The molecule has 2 aliphatic rings. The summed E-state index contributed by atoms with van der Waals surface area (Å²) in [5.74, 6) is -0.556. The normalized spacial score (nSPS) is 27.1. The molecule has 4 nitrogen and oxygen atoms in total. The van der Waals surface area contributed by atoms with Crippen molar-refractivity contribution < 1.29 is 23.1 Å². The second-order valence-corrected chi connectivity index (χ2v) is 9.66. The van der Waals surface area contributed by atoms with E-state index < -0.39 is 17.7 Å². The van der Waals surface area contributed by atoms with E-state index in [1.165, 1.54) is 12.1 Å². The Labute approximate surface area is 173 Å². The van der Waals surface area contributed by atoms with Gasteiger partial charge in [0.15, 0.2) is 0 Å². The standard InChI is InChI=1S/C20H18F3IN2O2/c21-20(22,23)16-6-2-1-4-14(16)12-8-13-10-26(11-19(13,24)9-12)17-15(18(27)28)5-3-7-25-17/h1-7,12-13H,8-11H2,(H,27,28)/t12-,13?,19-/m0/s1. The molecule has 2 fully saturated rings. The van der Waals surface area contributed by atoms with E-state index in [0.29, 0.717) is 37.3 Å². The summed E-state index contributed by atoms with van der Waals surface area (Å²) in [4.78, 5) is 17.7. The second-order valence-electron chi connectivity index (χ2n) is 7.51. The molecular formula is C20H18F3IN2O2. The van der Waals surface area contributed by atoms with Crippen molar-refractivity contribution in [3.8, 4) is 0 Å². The highest BCUT2D eigenvalue weighted by Crippen LogP contribution is 2.55. The van der Waals surface area contributed by atoms with Gasteiger partial charge in [-0.05, 0) is 48.4 Å². The predicted octanol–water partition coefficient (Wildman–Crippen LogP) is 4.99. The van der Waals surface area contributed by atoms with Crippen LogP contribution in [0.4, 0.5) is 19.0 Å². The van der Waals surface area contributed by atoms with Gasteiger partial charge in [0.1, 0.15) is 11.4 Å². The SMILES string of the molecule is O=C(O)c1cccnc1N1CC2C[C@H](c3ccccc3C(F)(F)F)C[C@]2(I)C1. The molecule has 1 aliphatic heterocycles. The number of aromatic nitrogens is 1. The molecule has 1 unspecified atom stereocenters. The van der Waals surface area contributed by atoms with E-state index in [1.54, 1.807) is 24.4 Å². The summed E-state index contributed by atoms with van der Waals surface area (Å²) < 4.78 is 40.1. The van der Waals surface area contributed by atoms with Crippen molar-refractivity contribution in [2.24, 2.45) is 5.92 Å². The van der Waals surface area contributed by atoms with Crippen LogP contribution in [0.1, 0.15) is 40.2 Å². The molecule has 148 valence electrons. The van der Waals surface area contributed by atoms with Gasteiger partial charge in [-0.2, -0.15) is 13.2 Å². The van der Waals surface area contributed by atoms with Crippen LogP contribution in [0.3, 0.4) is 0 Å². The molecule has 4 rings (SSSR count). The number of fused-ring (bicyclic) bond motifs is 1. The zero-order chi connectivity index (χ0) is 20.1. The van der Waals surface area contributed by atoms with Gasteiger partial charge < -0.3 is 10.0 Å². The lowest BCUT2D eigenvalue weighted by atomic mass is 9.91. The van der Waals surface area contributed by atoms with Crippen LogP contribution in [-0.4, -0.2) is 32.6 Å². The third-order valence-corrected chi connectivity index (χ3v) is 7.47. The fourth-order valence-corrected chi connectivity index (χ4v) is 6.01. The number of carboxylic acids is 1. The number of carbonyl (C=O) groups is 1. The molecule has 2 heterocycles. The molecule has 8 heteroatoms. The van der Waals surface area contributed by atoms with Gasteiger partial charge >= 0.3 is 12.1 Å². The fraction of sp³-hybridized carbons (Fsp3) is 0.400. The number of benzene rings is 1. The number of pyridine rings is 1. The number of alkyl halides is 4. The zero-order valence-electron chi connectivity index (χ0n) is 14.8. The van der Waals surface area contributed by atoms with Gasteiger partial charge in [0.2, 0.25) is 0 Å². The first-order chi connectivity index (χ1) is 13.2. The van der Waals surface area contributed by atoms with Gasteiger partial charge in [-0.25, -0.2) is 9.78 Å². The Hall–Kier alpha value is -1.84. The Balaban J connectivity index is 1.58. The van der Waals surface area contributed by atoms with E-state index in [9.17, 15) is 23.1 Å². The highest BCUT2D eigenvalue weighted by molar-refractivity contribution is 14.1. The Morgan fingerprint density at radius 2 is 2.00 bits per heavy atom. The number of anilines is 1. The Bertz CT molecular complexity index is 920. The topological polar surface area (TPSA) is 53.4 Å². The zero-order valence-corrected chi connectivity index (χ0v) is 16.9. The number of halogens is 4. The molecule has 2 aromatic rings. The number of hydrogen-bond acceptors (Lipinski definition) is 3. The fourth-order valence-electron chi connectivity index (χ4n) is 4.62. The van der Waals surface area contributed by atoms with Crippen LogP contribution >= 0.6 is 22.6 Å². The average Bonchev–Trinajstić information content (AvgIpc) is 3.12. The summed E-state index contributed by atoms with van der Waals surface area (Å²) in [6.07, 6.45) is -1.50. The number of rotatable bonds is 3. The first-order valence-corrected chi connectivity index (χ1v) is 10.1. The molecule has 3 atom stereocenters. The smallest absolute Gasteiger partial charge is 0.416 e. The van der Waals surface area contributed by atoms with Crippen molar-refractivity contribution in [3.05, 3.63) is 59.3 Å². The molecule has 0 spiro atoms. The molecule has 1 saturated carbocycles. The summed E-state index contributed by atoms with van der Waals surface area (Å²) in [7, 11) is 0. The summed E-state index contributed by atoms with van der Waals surface area (Å²) in [6, 6.07) is 8.96. The minimum absolute atomic E-state index is 0.149. The molecule has 0 amide bonds. The quantitative estimate of drug-likeness (QED) is 0.475. The first-order valence-electron chi connectivity index (χ1n) is 8.97. The van der Waals surface area contributed by atoms with Crippen LogP contribution in [0.25, 0.3) is 0 Å². The van der Waals surface area contributed by atoms with E-state index >= 15 is 0 Å². The number of nitrogens with zero attached hydrogens (tertiary/aromatic N) is 2.